The van der Waals surface area contributed by atoms with Crippen LogP contribution < -0.4 is 0 Å². The van der Waals surface area contributed by atoms with E-state index in [0.717, 1.165) is 24.8 Å². The van der Waals surface area contributed by atoms with Gasteiger partial charge in [-0.3, -0.25) is 0 Å². The minimum absolute atomic E-state index is 0.0270. The predicted octanol–water partition coefficient (Wildman–Crippen LogP) is 4.80. The van der Waals surface area contributed by atoms with Gasteiger partial charge in [0.2, 0.25) is 0 Å². The van der Waals surface area contributed by atoms with Crippen molar-refractivity contribution in [3.63, 3.8) is 0 Å². The van der Waals surface area contributed by atoms with Crippen LogP contribution in [0.5, 0.6) is 0 Å². The van der Waals surface area contributed by atoms with Gasteiger partial charge >= 0.3 is 5.97 Å². The Bertz CT molecular complexity index is 1080. The number of esters is 1. The average molecular weight is 467 g/mol. The number of hydrogen-bond donors (Lipinski definition) is 0. The summed E-state index contributed by atoms with van der Waals surface area (Å²) in [4.78, 5) is 12.9. The lowest BCUT2D eigenvalue weighted by Crippen LogP contribution is -2.55. The van der Waals surface area contributed by atoms with Crippen molar-refractivity contribution in [2.24, 2.45) is 16.7 Å². The van der Waals surface area contributed by atoms with Crippen LogP contribution in [-0.2, 0) is 23.7 Å². The Balaban J connectivity index is 1.42. The summed E-state index contributed by atoms with van der Waals surface area (Å²) in [6.07, 6.45) is 3.37. The number of fused-ring (bicyclic) bond motifs is 7. The molecule has 7 atom stereocenters. The number of hydrogen-bond acceptors (Lipinski definition) is 6. The molecule has 0 aromatic heterocycles. The van der Waals surface area contributed by atoms with Crippen LogP contribution in [0.15, 0.2) is 53.6 Å². The highest BCUT2D eigenvalue weighted by Crippen LogP contribution is 2.71. The van der Waals surface area contributed by atoms with Crippen molar-refractivity contribution in [3.05, 3.63) is 59.2 Å². The third kappa shape index (κ3) is 2.74. The SMILES string of the molecule is C=C1CO[C@]2(OC)C[C@]3(C)CC[C@]4(C)C(=C3[C@H]12)C[C@H]1O[C@]4(OC)C[C@@H]1OC(=O)c1ccccc1. The molecule has 0 amide bonds. The quantitative estimate of drug-likeness (QED) is 0.469. The minimum atomic E-state index is -0.833. The number of rotatable bonds is 4. The van der Waals surface area contributed by atoms with E-state index >= 15 is 0 Å². The number of ether oxygens (including phenoxy) is 5. The first kappa shape index (κ1) is 22.5. The molecule has 3 saturated heterocycles. The van der Waals surface area contributed by atoms with Gasteiger partial charge in [-0.25, -0.2) is 4.79 Å². The van der Waals surface area contributed by atoms with Crippen molar-refractivity contribution in [2.45, 2.75) is 69.7 Å². The Kier molecular flexibility index (Phi) is 4.80. The molecule has 1 saturated carbocycles. The topological polar surface area (TPSA) is 63.2 Å². The summed E-state index contributed by atoms with van der Waals surface area (Å²) in [5.74, 6) is -1.76. The first-order chi connectivity index (χ1) is 16.2. The zero-order valence-electron chi connectivity index (χ0n) is 20.5. The molecule has 2 bridgehead atoms. The monoisotopic (exact) mass is 466 g/mol. The van der Waals surface area contributed by atoms with Crippen LogP contribution in [0, 0.1) is 16.7 Å². The molecule has 0 unspecified atom stereocenters. The summed E-state index contributed by atoms with van der Waals surface area (Å²) in [6, 6.07) is 9.14. The first-order valence-electron chi connectivity index (χ1n) is 12.3. The molecule has 0 radical (unpaired) electrons. The zero-order valence-corrected chi connectivity index (χ0v) is 20.5. The summed E-state index contributed by atoms with van der Waals surface area (Å²) < 4.78 is 31.2. The molecule has 0 spiro atoms. The standard InChI is InChI=1S/C28H34O6/c1-17-15-32-27(30-4)16-25(2)11-12-26(3)19(23(25)22(17)27)13-20-21(14-28(26,31-5)34-20)33-24(29)18-9-7-6-8-10-18/h6-10,20-22H,1,11-16H2,2-5H3/t20-,21+,22+,25+,26-,27-,28-/m1/s1. The third-order valence-corrected chi connectivity index (χ3v) is 9.51. The molecular formula is C28H34O6. The Morgan fingerprint density at radius 1 is 1.12 bits per heavy atom. The fourth-order valence-electron chi connectivity index (χ4n) is 7.75. The second kappa shape index (κ2) is 7.26. The van der Waals surface area contributed by atoms with Crippen LogP contribution in [0.3, 0.4) is 0 Å². The molecule has 3 aliphatic heterocycles. The summed E-state index contributed by atoms with van der Waals surface area (Å²) in [5, 5.41) is 0. The van der Waals surface area contributed by atoms with E-state index in [2.05, 4.69) is 20.4 Å². The maximum atomic E-state index is 12.9. The van der Waals surface area contributed by atoms with Gasteiger partial charge < -0.3 is 23.7 Å². The Morgan fingerprint density at radius 2 is 1.88 bits per heavy atom. The molecule has 34 heavy (non-hydrogen) atoms. The van der Waals surface area contributed by atoms with Crippen LogP contribution in [0.4, 0.5) is 0 Å². The molecule has 1 aromatic rings. The maximum absolute atomic E-state index is 12.9. The van der Waals surface area contributed by atoms with E-state index in [0.29, 0.717) is 25.0 Å². The number of benzene rings is 1. The Morgan fingerprint density at radius 3 is 2.59 bits per heavy atom. The number of carbonyl (C=O) groups is 1. The fraction of sp³-hybridized carbons (Fsp3) is 0.607. The number of methoxy groups -OCH3 is 2. The summed E-state index contributed by atoms with van der Waals surface area (Å²) in [5.41, 5.74) is 4.04. The van der Waals surface area contributed by atoms with E-state index in [1.165, 1.54) is 11.1 Å². The number of carbonyl (C=O) groups excluding carboxylic acids is 1. The van der Waals surface area contributed by atoms with Crippen LogP contribution in [-0.4, -0.2) is 50.6 Å². The van der Waals surface area contributed by atoms with E-state index < -0.39 is 11.6 Å². The lowest BCUT2D eigenvalue weighted by molar-refractivity contribution is -0.283. The minimum Gasteiger partial charge on any atom is -0.456 e. The molecule has 6 nitrogen and oxygen atoms in total. The van der Waals surface area contributed by atoms with Crippen molar-refractivity contribution >= 4 is 5.97 Å². The van der Waals surface area contributed by atoms with Gasteiger partial charge in [0.05, 0.1) is 18.1 Å². The lowest BCUT2D eigenvalue weighted by Gasteiger charge is -2.55. The van der Waals surface area contributed by atoms with Crippen molar-refractivity contribution in [2.75, 3.05) is 20.8 Å². The average Bonchev–Trinajstić information content (AvgIpc) is 3.43. The van der Waals surface area contributed by atoms with Gasteiger partial charge in [-0.1, -0.05) is 49.8 Å². The molecule has 1 aromatic carbocycles. The van der Waals surface area contributed by atoms with Crippen LogP contribution in [0.2, 0.25) is 0 Å². The highest BCUT2D eigenvalue weighted by atomic mass is 16.7. The molecule has 2 aliphatic carbocycles. The highest BCUT2D eigenvalue weighted by molar-refractivity contribution is 5.89. The highest BCUT2D eigenvalue weighted by Gasteiger charge is 2.71. The Hall–Kier alpha value is -1.99. The van der Waals surface area contributed by atoms with Crippen molar-refractivity contribution in [3.8, 4) is 0 Å². The van der Waals surface area contributed by atoms with Gasteiger partial charge in [-0.2, -0.15) is 0 Å². The van der Waals surface area contributed by atoms with Crippen LogP contribution in [0.25, 0.3) is 0 Å². The zero-order chi connectivity index (χ0) is 23.9. The van der Waals surface area contributed by atoms with E-state index in [-0.39, 0.29) is 34.9 Å². The molecule has 5 aliphatic rings. The van der Waals surface area contributed by atoms with Gasteiger partial charge in [0.15, 0.2) is 11.6 Å². The van der Waals surface area contributed by atoms with E-state index in [1.807, 2.05) is 18.2 Å². The Labute approximate surface area is 201 Å². The molecule has 6 heteroatoms. The molecule has 182 valence electrons. The second-order valence-corrected chi connectivity index (χ2v) is 11.2. The van der Waals surface area contributed by atoms with E-state index in [4.69, 9.17) is 23.7 Å². The second-order valence-electron chi connectivity index (χ2n) is 11.2. The predicted molar refractivity (Wildman–Crippen MR) is 125 cm³/mol. The first-order valence-corrected chi connectivity index (χ1v) is 12.3. The van der Waals surface area contributed by atoms with Crippen LogP contribution in [0.1, 0.15) is 56.3 Å². The summed E-state index contributed by atoms with van der Waals surface area (Å²) in [6.45, 7) is 9.51. The van der Waals surface area contributed by atoms with E-state index in [9.17, 15) is 4.79 Å². The van der Waals surface area contributed by atoms with Crippen molar-refractivity contribution in [1.29, 1.82) is 0 Å². The smallest absolute Gasteiger partial charge is 0.338 e. The van der Waals surface area contributed by atoms with Gasteiger partial charge in [0.25, 0.3) is 0 Å². The maximum Gasteiger partial charge on any atom is 0.338 e. The van der Waals surface area contributed by atoms with Gasteiger partial charge in [0.1, 0.15) is 12.2 Å². The lowest BCUT2D eigenvalue weighted by atomic mass is 9.57. The normalized spacial score (nSPS) is 44.6. The molecule has 4 fully saturated rings. The van der Waals surface area contributed by atoms with Crippen molar-refractivity contribution in [1.82, 2.24) is 0 Å². The third-order valence-electron chi connectivity index (χ3n) is 9.51. The van der Waals surface area contributed by atoms with Crippen molar-refractivity contribution < 1.29 is 28.5 Å². The molecule has 0 N–H and O–H groups in total. The molecule has 6 rings (SSSR count). The molecule has 3 heterocycles. The summed E-state index contributed by atoms with van der Waals surface area (Å²) >= 11 is 0. The van der Waals surface area contributed by atoms with Gasteiger partial charge in [0, 0.05) is 32.5 Å². The van der Waals surface area contributed by atoms with Gasteiger partial charge in [-0.15, -0.1) is 0 Å². The van der Waals surface area contributed by atoms with Crippen LogP contribution >= 0.6 is 0 Å². The van der Waals surface area contributed by atoms with Gasteiger partial charge in [-0.05, 0) is 42.4 Å². The fourth-order valence-corrected chi connectivity index (χ4v) is 7.75. The summed E-state index contributed by atoms with van der Waals surface area (Å²) in [7, 11) is 3.47. The largest absolute Gasteiger partial charge is 0.456 e. The van der Waals surface area contributed by atoms with E-state index in [1.54, 1.807) is 26.4 Å². The molecular weight excluding hydrogens is 432 g/mol.